The minimum Gasteiger partial charge on any atom is -0.330 e. The van der Waals surface area contributed by atoms with Crippen molar-refractivity contribution in [2.24, 2.45) is 0 Å². The van der Waals surface area contributed by atoms with E-state index in [9.17, 15) is 52.7 Å². The zero-order valence-electron chi connectivity index (χ0n) is 25.4. The number of hydrogen-bond acceptors (Lipinski definition) is 14. The fourth-order valence-electron chi connectivity index (χ4n) is 4.74. The Morgan fingerprint density at radius 1 is 0.583 bits per heavy atom. The molecule has 0 N–H and O–H groups in total. The van der Waals surface area contributed by atoms with Crippen molar-refractivity contribution in [2.75, 3.05) is 32.8 Å². The summed E-state index contributed by atoms with van der Waals surface area (Å²) in [5, 5.41) is 2.46. The summed E-state index contributed by atoms with van der Waals surface area (Å²) in [5.41, 5.74) is 0. The normalized spacial score (nSPS) is 17.6. The minimum absolute atomic E-state index is 0.0632. The average molecular weight is 675 g/mol. The molecule has 0 radical (unpaired) electrons. The maximum Gasteiger partial charge on any atom is 0.335 e. The third-order valence-corrected chi connectivity index (χ3v) is 7.22. The first-order valence-electron chi connectivity index (χ1n) is 14.8. The van der Waals surface area contributed by atoms with Crippen molar-refractivity contribution in [1.82, 2.24) is 29.9 Å². The second-order valence-electron chi connectivity index (χ2n) is 10.5. The third kappa shape index (κ3) is 8.59. The van der Waals surface area contributed by atoms with Gasteiger partial charge < -0.3 is 4.84 Å². The first kappa shape index (κ1) is 35.2. The summed E-state index contributed by atoms with van der Waals surface area (Å²) in [6, 6.07) is 0. The zero-order chi connectivity index (χ0) is 35.0. The van der Waals surface area contributed by atoms with Crippen molar-refractivity contribution in [3.05, 3.63) is 24.3 Å². The number of hydrazine groups is 1. The van der Waals surface area contributed by atoms with Crippen LogP contribution in [0, 0.1) is 0 Å². The van der Waals surface area contributed by atoms with Crippen LogP contribution in [0.4, 0.5) is 0 Å². The molecule has 0 saturated carbocycles. The lowest BCUT2D eigenvalue weighted by molar-refractivity contribution is -0.393. The largest absolute Gasteiger partial charge is 0.335 e. The topological polar surface area (TPSA) is 235 Å². The van der Waals surface area contributed by atoms with Gasteiger partial charge in [-0.2, -0.15) is 0 Å². The second-order valence-corrected chi connectivity index (χ2v) is 10.5. The van der Waals surface area contributed by atoms with Gasteiger partial charge in [0.15, 0.2) is 0 Å². The van der Waals surface area contributed by atoms with Crippen LogP contribution in [0.15, 0.2) is 24.3 Å². The van der Waals surface area contributed by atoms with E-state index in [-0.39, 0.29) is 58.3 Å². The van der Waals surface area contributed by atoms with E-state index in [1.54, 1.807) is 0 Å². The molecule has 2 fully saturated rings. The van der Waals surface area contributed by atoms with Crippen molar-refractivity contribution in [3.63, 3.8) is 0 Å². The Bertz CT molecular complexity index is 1440. The van der Waals surface area contributed by atoms with E-state index >= 15 is 0 Å². The molecule has 2 saturated heterocycles. The van der Waals surface area contributed by atoms with E-state index in [1.807, 2.05) is 0 Å². The van der Waals surface area contributed by atoms with Crippen LogP contribution in [0.1, 0.15) is 51.4 Å². The van der Waals surface area contributed by atoms with Gasteiger partial charge >= 0.3 is 5.97 Å². The van der Waals surface area contributed by atoms with Crippen molar-refractivity contribution in [2.45, 2.75) is 51.4 Å². The SMILES string of the molecule is O=C(CCN(C(=O)CCN1C(=O)C=CC1=O)N(CCCOON1C(=O)CCC1=O)C(=O)CCN1C(=O)C=CC1=O)ON1C(=O)CCC1=O. The molecule has 0 atom stereocenters. The minimum atomic E-state index is -1.10. The molecule has 4 heterocycles. The van der Waals surface area contributed by atoms with Crippen LogP contribution in [0.25, 0.3) is 0 Å². The highest BCUT2D eigenvalue weighted by molar-refractivity contribution is 6.13. The Kier molecular flexibility index (Phi) is 11.6. The van der Waals surface area contributed by atoms with Gasteiger partial charge in [-0.3, -0.25) is 67.8 Å². The molecule has 4 rings (SSSR count). The molecule has 0 aliphatic carbocycles. The summed E-state index contributed by atoms with van der Waals surface area (Å²) in [6.45, 7) is -1.96. The molecule has 0 unspecified atom stereocenters. The van der Waals surface area contributed by atoms with Crippen LogP contribution in [0.2, 0.25) is 0 Å². The van der Waals surface area contributed by atoms with E-state index in [1.165, 1.54) is 0 Å². The number of rotatable bonds is 16. The number of amides is 10. The molecule has 20 nitrogen and oxygen atoms in total. The number of hydroxylamine groups is 4. The molecule has 48 heavy (non-hydrogen) atoms. The van der Waals surface area contributed by atoms with Crippen LogP contribution >= 0.6 is 0 Å². The van der Waals surface area contributed by atoms with E-state index in [0.29, 0.717) is 10.1 Å². The Balaban J connectivity index is 1.47. The van der Waals surface area contributed by atoms with Crippen molar-refractivity contribution < 1.29 is 67.5 Å². The van der Waals surface area contributed by atoms with Gasteiger partial charge in [-0.1, -0.05) is 0 Å². The molecule has 4 aliphatic heterocycles. The number of hydrogen-bond donors (Lipinski definition) is 0. The Morgan fingerprint density at radius 3 is 1.46 bits per heavy atom. The van der Waals surface area contributed by atoms with Crippen LogP contribution in [-0.2, 0) is 67.5 Å². The van der Waals surface area contributed by atoms with Crippen molar-refractivity contribution >= 4 is 65.0 Å². The summed E-state index contributed by atoms with van der Waals surface area (Å²) >= 11 is 0. The lowest BCUT2D eigenvalue weighted by atomic mass is 10.3. The molecule has 10 amide bonds. The first-order chi connectivity index (χ1) is 22.9. The number of carbonyl (C=O) groups excluding carboxylic acids is 11. The molecule has 0 aromatic rings. The maximum absolute atomic E-state index is 13.5. The van der Waals surface area contributed by atoms with E-state index < -0.39 is 90.8 Å². The van der Waals surface area contributed by atoms with Gasteiger partial charge in [0.1, 0.15) is 0 Å². The van der Waals surface area contributed by atoms with Crippen LogP contribution < -0.4 is 0 Å². The molecule has 0 spiro atoms. The summed E-state index contributed by atoms with van der Waals surface area (Å²) in [5.74, 6) is -8.16. The maximum atomic E-state index is 13.5. The Hall–Kier alpha value is -5.63. The molecule has 256 valence electrons. The highest BCUT2D eigenvalue weighted by atomic mass is 17.3. The van der Waals surface area contributed by atoms with Gasteiger partial charge in [-0.25, -0.2) is 9.68 Å². The molecular weight excluding hydrogens is 644 g/mol. The molecule has 0 bridgehead atoms. The highest BCUT2D eigenvalue weighted by Gasteiger charge is 2.35. The summed E-state index contributed by atoms with van der Waals surface area (Å²) in [7, 11) is 0. The summed E-state index contributed by atoms with van der Waals surface area (Å²) < 4.78 is 0. The standard InChI is InChI=1S/C28H30N6O14/c35-18-2-3-19(36)29(18)14-10-22(39)31(13-1-17-46-48-34-26(43)8-9-27(34)44)32(23(40)11-15-30-20(37)4-5-21(30)38)16-12-28(45)47-33-24(41)6-7-25(33)42/h2-5H,1,6-17H2. The summed E-state index contributed by atoms with van der Waals surface area (Å²) in [6.07, 6.45) is 1.89. The van der Waals surface area contributed by atoms with E-state index in [0.717, 1.165) is 44.1 Å². The van der Waals surface area contributed by atoms with Crippen LogP contribution in [0.3, 0.4) is 0 Å². The smallest absolute Gasteiger partial charge is 0.330 e. The van der Waals surface area contributed by atoms with E-state index in [2.05, 4.69) is 0 Å². The zero-order valence-corrected chi connectivity index (χ0v) is 25.4. The summed E-state index contributed by atoms with van der Waals surface area (Å²) in [4.78, 5) is 151. The quantitative estimate of drug-likeness (QED) is 0.0718. The highest BCUT2D eigenvalue weighted by Crippen LogP contribution is 2.16. The average Bonchev–Trinajstić information content (AvgIpc) is 3.76. The number of imide groups is 4. The van der Waals surface area contributed by atoms with E-state index in [4.69, 9.17) is 14.7 Å². The first-order valence-corrected chi connectivity index (χ1v) is 14.8. The number of nitrogens with zero attached hydrogens (tertiary/aromatic N) is 6. The third-order valence-electron chi connectivity index (χ3n) is 7.22. The van der Waals surface area contributed by atoms with Gasteiger partial charge in [0.25, 0.3) is 47.3 Å². The lowest BCUT2D eigenvalue weighted by Crippen LogP contribution is -2.52. The van der Waals surface area contributed by atoms with Gasteiger partial charge in [0.05, 0.1) is 19.6 Å². The molecular formula is C28H30N6O14. The lowest BCUT2D eigenvalue weighted by Gasteiger charge is -2.35. The fraction of sp³-hybridized carbons (Fsp3) is 0.464. The van der Waals surface area contributed by atoms with Gasteiger partial charge in [0.2, 0.25) is 11.8 Å². The monoisotopic (exact) mass is 674 g/mol. The molecule has 0 aromatic carbocycles. The molecule has 20 heteroatoms. The van der Waals surface area contributed by atoms with Crippen molar-refractivity contribution in [3.8, 4) is 0 Å². The Morgan fingerprint density at radius 2 is 1.00 bits per heavy atom. The van der Waals surface area contributed by atoms with Gasteiger partial charge in [-0.05, 0) is 6.42 Å². The van der Waals surface area contributed by atoms with Gasteiger partial charge in [-0.15, -0.1) is 15.1 Å². The van der Waals surface area contributed by atoms with Crippen molar-refractivity contribution in [1.29, 1.82) is 0 Å². The Labute approximate surface area is 271 Å². The predicted molar refractivity (Wildman–Crippen MR) is 149 cm³/mol. The predicted octanol–water partition coefficient (Wildman–Crippen LogP) is -2.41. The fourth-order valence-corrected chi connectivity index (χ4v) is 4.74. The van der Waals surface area contributed by atoms with Crippen LogP contribution in [0.5, 0.6) is 0 Å². The molecule has 4 aliphatic rings. The molecule has 0 aromatic heterocycles. The van der Waals surface area contributed by atoms with Gasteiger partial charge in [0, 0.05) is 82.5 Å². The number of carbonyl (C=O) groups is 11. The second kappa shape index (κ2) is 15.8. The van der Waals surface area contributed by atoms with Crippen LogP contribution in [-0.4, -0.2) is 128 Å².